The molecule has 0 bridgehead atoms. The van der Waals surface area contributed by atoms with Crippen molar-refractivity contribution in [2.75, 3.05) is 7.11 Å². The SMILES string of the molecule is CCC(=O)Oc1cccc(C(=O)OC)c1. The van der Waals surface area contributed by atoms with Crippen molar-refractivity contribution in [3.05, 3.63) is 29.8 Å². The minimum absolute atomic E-state index is 0.294. The van der Waals surface area contributed by atoms with Crippen LogP contribution in [0, 0.1) is 0 Å². The van der Waals surface area contributed by atoms with Gasteiger partial charge in [-0.25, -0.2) is 4.79 Å². The summed E-state index contributed by atoms with van der Waals surface area (Å²) < 4.78 is 9.50. The Hall–Kier alpha value is -1.84. The monoisotopic (exact) mass is 208 g/mol. The lowest BCUT2D eigenvalue weighted by atomic mass is 10.2. The molecule has 0 spiro atoms. The van der Waals surface area contributed by atoms with E-state index in [0.29, 0.717) is 17.7 Å². The Kier molecular flexibility index (Phi) is 3.85. The van der Waals surface area contributed by atoms with E-state index in [1.165, 1.54) is 13.2 Å². The van der Waals surface area contributed by atoms with Crippen molar-refractivity contribution >= 4 is 11.9 Å². The highest BCUT2D eigenvalue weighted by Gasteiger charge is 2.07. The molecule has 0 saturated carbocycles. The van der Waals surface area contributed by atoms with E-state index in [1.54, 1.807) is 25.1 Å². The third kappa shape index (κ3) is 3.09. The highest BCUT2D eigenvalue weighted by atomic mass is 16.5. The van der Waals surface area contributed by atoms with Crippen LogP contribution >= 0.6 is 0 Å². The number of rotatable bonds is 3. The fourth-order valence-electron chi connectivity index (χ4n) is 1.01. The minimum Gasteiger partial charge on any atom is -0.465 e. The Morgan fingerprint density at radius 3 is 2.67 bits per heavy atom. The number of carbonyl (C=O) groups excluding carboxylic acids is 2. The number of hydrogen-bond donors (Lipinski definition) is 0. The Morgan fingerprint density at radius 1 is 1.33 bits per heavy atom. The van der Waals surface area contributed by atoms with Crippen LogP contribution in [0.15, 0.2) is 24.3 Å². The van der Waals surface area contributed by atoms with Gasteiger partial charge in [0.05, 0.1) is 12.7 Å². The van der Waals surface area contributed by atoms with E-state index in [-0.39, 0.29) is 5.97 Å². The van der Waals surface area contributed by atoms with E-state index in [2.05, 4.69) is 4.74 Å². The van der Waals surface area contributed by atoms with Gasteiger partial charge in [-0.3, -0.25) is 4.79 Å². The number of methoxy groups -OCH3 is 1. The first-order valence-corrected chi connectivity index (χ1v) is 4.56. The number of ether oxygens (including phenoxy) is 2. The van der Waals surface area contributed by atoms with Gasteiger partial charge in [-0.05, 0) is 18.2 Å². The molecule has 0 aromatic heterocycles. The lowest BCUT2D eigenvalue weighted by Gasteiger charge is -2.04. The summed E-state index contributed by atoms with van der Waals surface area (Å²) in [7, 11) is 1.30. The predicted molar refractivity (Wildman–Crippen MR) is 53.7 cm³/mol. The van der Waals surface area contributed by atoms with Crippen molar-refractivity contribution < 1.29 is 19.1 Å². The molecule has 15 heavy (non-hydrogen) atoms. The van der Waals surface area contributed by atoms with E-state index in [0.717, 1.165) is 0 Å². The molecule has 4 heteroatoms. The summed E-state index contributed by atoms with van der Waals surface area (Å²) in [5, 5.41) is 0. The fourth-order valence-corrected chi connectivity index (χ4v) is 1.01. The van der Waals surface area contributed by atoms with E-state index < -0.39 is 5.97 Å². The van der Waals surface area contributed by atoms with Gasteiger partial charge in [-0.2, -0.15) is 0 Å². The first-order chi connectivity index (χ1) is 7.17. The lowest BCUT2D eigenvalue weighted by Crippen LogP contribution is -2.07. The average molecular weight is 208 g/mol. The number of benzene rings is 1. The first kappa shape index (κ1) is 11.2. The summed E-state index contributed by atoms with van der Waals surface area (Å²) in [5.41, 5.74) is 0.360. The zero-order valence-corrected chi connectivity index (χ0v) is 8.65. The summed E-state index contributed by atoms with van der Waals surface area (Å²) in [5.74, 6) is -0.439. The average Bonchev–Trinajstić information content (AvgIpc) is 2.28. The van der Waals surface area contributed by atoms with Gasteiger partial charge in [-0.15, -0.1) is 0 Å². The Bertz CT molecular complexity index is 371. The Balaban J connectivity index is 2.83. The normalized spacial score (nSPS) is 9.47. The largest absolute Gasteiger partial charge is 0.465 e. The van der Waals surface area contributed by atoms with Gasteiger partial charge in [0.1, 0.15) is 5.75 Å². The second kappa shape index (κ2) is 5.14. The summed E-state index contributed by atoms with van der Waals surface area (Å²) >= 11 is 0. The van der Waals surface area contributed by atoms with Crippen LogP contribution in [0.5, 0.6) is 5.75 Å². The van der Waals surface area contributed by atoms with Crippen LogP contribution in [-0.2, 0) is 9.53 Å². The molecular weight excluding hydrogens is 196 g/mol. The first-order valence-electron chi connectivity index (χ1n) is 4.56. The molecule has 0 saturated heterocycles. The maximum Gasteiger partial charge on any atom is 0.337 e. The number of esters is 2. The van der Waals surface area contributed by atoms with Gasteiger partial charge >= 0.3 is 11.9 Å². The molecule has 4 nitrogen and oxygen atoms in total. The van der Waals surface area contributed by atoms with Gasteiger partial charge in [-0.1, -0.05) is 13.0 Å². The molecule has 0 amide bonds. The molecule has 0 aliphatic heterocycles. The Morgan fingerprint density at radius 2 is 2.07 bits per heavy atom. The molecule has 1 aromatic rings. The molecule has 0 fully saturated rings. The third-order valence-electron chi connectivity index (χ3n) is 1.78. The smallest absolute Gasteiger partial charge is 0.337 e. The van der Waals surface area contributed by atoms with E-state index >= 15 is 0 Å². The molecule has 0 atom stereocenters. The van der Waals surface area contributed by atoms with Gasteiger partial charge < -0.3 is 9.47 Å². The van der Waals surface area contributed by atoms with Crippen LogP contribution in [0.4, 0.5) is 0 Å². The van der Waals surface area contributed by atoms with Crippen LogP contribution < -0.4 is 4.74 Å². The number of carbonyl (C=O) groups is 2. The lowest BCUT2D eigenvalue weighted by molar-refractivity contribution is -0.134. The van der Waals surface area contributed by atoms with Gasteiger partial charge in [0.15, 0.2) is 0 Å². The zero-order valence-electron chi connectivity index (χ0n) is 8.65. The highest BCUT2D eigenvalue weighted by molar-refractivity contribution is 5.89. The standard InChI is InChI=1S/C11H12O4/c1-3-10(12)15-9-6-4-5-8(7-9)11(13)14-2/h4-7H,3H2,1-2H3. The minimum atomic E-state index is -0.454. The molecule has 0 aliphatic rings. The van der Waals surface area contributed by atoms with Crippen LogP contribution in [0.1, 0.15) is 23.7 Å². The molecule has 1 rings (SSSR count). The molecule has 0 N–H and O–H groups in total. The summed E-state index contributed by atoms with van der Waals surface area (Å²) in [6, 6.07) is 6.30. The maximum atomic E-state index is 11.2. The quantitative estimate of drug-likeness (QED) is 0.561. The maximum absolute atomic E-state index is 11.2. The van der Waals surface area contributed by atoms with Crippen LogP contribution in [0.25, 0.3) is 0 Å². The summed E-state index contributed by atoms with van der Waals surface area (Å²) in [6.07, 6.45) is 0.294. The molecule has 0 aliphatic carbocycles. The van der Waals surface area contributed by atoms with Crippen molar-refractivity contribution in [2.24, 2.45) is 0 Å². The third-order valence-corrected chi connectivity index (χ3v) is 1.78. The molecular formula is C11H12O4. The predicted octanol–water partition coefficient (Wildman–Crippen LogP) is 1.79. The summed E-state index contributed by atoms with van der Waals surface area (Å²) in [6.45, 7) is 1.70. The van der Waals surface area contributed by atoms with Crippen molar-refractivity contribution in [2.45, 2.75) is 13.3 Å². The molecule has 80 valence electrons. The van der Waals surface area contributed by atoms with Gasteiger partial charge in [0.2, 0.25) is 0 Å². The molecule has 0 radical (unpaired) electrons. The summed E-state index contributed by atoms with van der Waals surface area (Å²) in [4.78, 5) is 22.2. The molecule has 0 unspecified atom stereocenters. The van der Waals surface area contributed by atoms with Crippen molar-refractivity contribution in [3.63, 3.8) is 0 Å². The topological polar surface area (TPSA) is 52.6 Å². The number of hydrogen-bond acceptors (Lipinski definition) is 4. The second-order valence-electron chi connectivity index (χ2n) is 2.85. The van der Waals surface area contributed by atoms with Crippen LogP contribution in [0.3, 0.4) is 0 Å². The molecule has 1 aromatic carbocycles. The van der Waals surface area contributed by atoms with Crippen LogP contribution in [0.2, 0.25) is 0 Å². The van der Waals surface area contributed by atoms with Crippen molar-refractivity contribution in [3.8, 4) is 5.75 Å². The van der Waals surface area contributed by atoms with Gasteiger partial charge in [0, 0.05) is 6.42 Å². The van der Waals surface area contributed by atoms with Crippen LogP contribution in [-0.4, -0.2) is 19.0 Å². The van der Waals surface area contributed by atoms with E-state index in [1.807, 2.05) is 0 Å². The second-order valence-corrected chi connectivity index (χ2v) is 2.85. The fraction of sp³-hybridized carbons (Fsp3) is 0.273. The highest BCUT2D eigenvalue weighted by Crippen LogP contribution is 2.14. The Labute approximate surface area is 87.8 Å². The van der Waals surface area contributed by atoms with Gasteiger partial charge in [0.25, 0.3) is 0 Å². The van der Waals surface area contributed by atoms with Crippen molar-refractivity contribution in [1.29, 1.82) is 0 Å². The van der Waals surface area contributed by atoms with E-state index in [4.69, 9.17) is 4.74 Å². The van der Waals surface area contributed by atoms with E-state index in [9.17, 15) is 9.59 Å². The van der Waals surface area contributed by atoms with Crippen molar-refractivity contribution in [1.82, 2.24) is 0 Å². The zero-order chi connectivity index (χ0) is 11.3. The molecule has 0 heterocycles.